The molecule has 13 nitrogen and oxygen atoms in total. The maximum atomic E-state index is 12.3. The Morgan fingerprint density at radius 3 is 2.59 bits per heavy atom. The van der Waals surface area contributed by atoms with Crippen LogP contribution in [0.4, 0.5) is 4.79 Å². The molecule has 1 aromatic rings. The first-order valence-corrected chi connectivity index (χ1v) is 10.0. The van der Waals surface area contributed by atoms with Crippen LogP contribution < -0.4 is 21.8 Å². The summed E-state index contributed by atoms with van der Waals surface area (Å²) in [5.74, 6) is -1.95. The second-order valence-corrected chi connectivity index (χ2v) is 8.17. The minimum absolute atomic E-state index is 0.0476. The van der Waals surface area contributed by atoms with E-state index in [1.165, 1.54) is 0 Å². The van der Waals surface area contributed by atoms with Gasteiger partial charge in [0.25, 0.3) is 5.91 Å². The SMILES string of the molecule is C[C@@H](CCc1nc(C(=O)N[C@@H](CCONC(=N)N)C(=O)O)co1)CNC(=O)OC(C)(C)C. The van der Waals surface area contributed by atoms with E-state index < -0.39 is 35.6 Å². The molecule has 0 fully saturated rings. The van der Waals surface area contributed by atoms with E-state index in [-0.39, 0.29) is 24.6 Å². The number of nitrogens with one attached hydrogen (secondary N) is 4. The second-order valence-electron chi connectivity index (χ2n) is 8.17. The van der Waals surface area contributed by atoms with Gasteiger partial charge in [-0.15, -0.1) is 0 Å². The van der Waals surface area contributed by atoms with Crippen LogP contribution in [-0.4, -0.2) is 58.8 Å². The molecule has 1 aromatic heterocycles. The number of oxazole rings is 1. The average Bonchev–Trinajstić information content (AvgIpc) is 3.14. The van der Waals surface area contributed by atoms with Crippen LogP contribution in [0.2, 0.25) is 0 Å². The summed E-state index contributed by atoms with van der Waals surface area (Å²) < 4.78 is 10.5. The molecule has 1 heterocycles. The third kappa shape index (κ3) is 11.2. The normalized spacial score (nSPS) is 13.0. The van der Waals surface area contributed by atoms with Gasteiger partial charge in [0.1, 0.15) is 17.9 Å². The Bertz CT molecular complexity index is 789. The molecule has 0 aliphatic heterocycles. The molecule has 32 heavy (non-hydrogen) atoms. The molecule has 2 atom stereocenters. The van der Waals surface area contributed by atoms with Gasteiger partial charge in [-0.3, -0.25) is 15.0 Å². The molecule has 0 aliphatic rings. The number of carboxylic acids is 1. The van der Waals surface area contributed by atoms with Crippen molar-refractivity contribution in [2.24, 2.45) is 11.7 Å². The molecule has 0 aromatic carbocycles. The number of nitrogens with two attached hydrogens (primary N) is 1. The summed E-state index contributed by atoms with van der Waals surface area (Å²) in [6.07, 6.45) is 1.66. The second kappa shape index (κ2) is 12.5. The van der Waals surface area contributed by atoms with Gasteiger partial charge in [-0.25, -0.2) is 20.1 Å². The van der Waals surface area contributed by atoms with Gasteiger partial charge in [0.2, 0.25) is 5.96 Å². The van der Waals surface area contributed by atoms with E-state index in [1.807, 2.05) is 6.92 Å². The molecule has 0 aliphatic carbocycles. The van der Waals surface area contributed by atoms with Crippen molar-refractivity contribution in [3.8, 4) is 0 Å². The Hall–Kier alpha value is -3.35. The van der Waals surface area contributed by atoms with Gasteiger partial charge in [-0.2, -0.15) is 0 Å². The fraction of sp³-hybridized carbons (Fsp3) is 0.632. The number of ether oxygens (including phenoxy) is 1. The van der Waals surface area contributed by atoms with Gasteiger partial charge < -0.3 is 30.6 Å². The summed E-state index contributed by atoms with van der Waals surface area (Å²) >= 11 is 0. The monoisotopic (exact) mass is 456 g/mol. The van der Waals surface area contributed by atoms with Crippen molar-refractivity contribution in [2.45, 2.75) is 58.6 Å². The number of aryl methyl sites for hydroxylation is 1. The average molecular weight is 457 g/mol. The van der Waals surface area contributed by atoms with Crippen LogP contribution in [0.15, 0.2) is 10.7 Å². The molecule has 0 saturated heterocycles. The number of carbonyl (C=O) groups is 3. The number of nitrogens with zero attached hydrogens (tertiary/aromatic N) is 1. The summed E-state index contributed by atoms with van der Waals surface area (Å²) in [5, 5.41) is 21.2. The van der Waals surface area contributed by atoms with Crippen LogP contribution in [0.5, 0.6) is 0 Å². The lowest BCUT2D eigenvalue weighted by Gasteiger charge is -2.20. The third-order valence-corrected chi connectivity index (χ3v) is 3.92. The number of hydroxylamine groups is 1. The van der Waals surface area contributed by atoms with Gasteiger partial charge in [-0.1, -0.05) is 6.92 Å². The molecular formula is C19H32N6O7. The van der Waals surface area contributed by atoms with Gasteiger partial charge in [0.15, 0.2) is 11.6 Å². The molecule has 0 bridgehead atoms. The van der Waals surface area contributed by atoms with E-state index in [9.17, 15) is 19.5 Å². The maximum absolute atomic E-state index is 12.3. The number of guanidine groups is 1. The largest absolute Gasteiger partial charge is 0.480 e. The van der Waals surface area contributed by atoms with E-state index in [4.69, 9.17) is 25.1 Å². The van der Waals surface area contributed by atoms with E-state index in [0.717, 1.165) is 6.26 Å². The van der Waals surface area contributed by atoms with E-state index >= 15 is 0 Å². The molecule has 180 valence electrons. The first kappa shape index (κ1) is 26.7. The number of amides is 2. The third-order valence-electron chi connectivity index (χ3n) is 3.92. The number of carboxylic acid groups (broad SMARTS) is 1. The Morgan fingerprint density at radius 1 is 1.31 bits per heavy atom. The predicted octanol–water partition coefficient (Wildman–Crippen LogP) is 0.756. The zero-order chi connectivity index (χ0) is 24.3. The summed E-state index contributed by atoms with van der Waals surface area (Å²) in [5.41, 5.74) is 6.50. The number of aromatic nitrogens is 1. The van der Waals surface area contributed by atoms with E-state index in [2.05, 4.69) is 21.1 Å². The number of hydrogen-bond acceptors (Lipinski definition) is 8. The fourth-order valence-corrected chi connectivity index (χ4v) is 2.37. The summed E-state index contributed by atoms with van der Waals surface area (Å²) in [4.78, 5) is 44.2. The van der Waals surface area contributed by atoms with Gasteiger partial charge in [-0.05, 0) is 33.1 Å². The molecule has 13 heteroatoms. The molecule has 2 amide bonds. The first-order valence-electron chi connectivity index (χ1n) is 10.0. The highest BCUT2D eigenvalue weighted by molar-refractivity contribution is 5.94. The minimum Gasteiger partial charge on any atom is -0.480 e. The summed E-state index contributed by atoms with van der Waals surface area (Å²) in [6.45, 7) is 7.59. The van der Waals surface area contributed by atoms with Gasteiger partial charge >= 0.3 is 12.1 Å². The predicted molar refractivity (Wildman–Crippen MR) is 113 cm³/mol. The molecule has 1 rings (SSSR count). The van der Waals surface area contributed by atoms with Crippen molar-refractivity contribution in [3.63, 3.8) is 0 Å². The molecule has 7 N–H and O–H groups in total. The van der Waals surface area contributed by atoms with E-state index in [0.29, 0.717) is 25.3 Å². The molecule has 0 saturated carbocycles. The van der Waals surface area contributed by atoms with Crippen molar-refractivity contribution < 1.29 is 33.5 Å². The number of hydrogen-bond donors (Lipinski definition) is 6. The standard InChI is InChI=1S/C19H32N6O7/c1-11(9-22-18(29)32-19(2,3)4)5-6-14-23-13(10-30-14)15(26)24-12(16(27)28)7-8-31-25-17(20)21/h10-12H,5-9H2,1-4H3,(H,22,29)(H,24,26)(H,27,28)(H4,20,21,25)/t11-,12-/m0/s1. The van der Waals surface area contributed by atoms with Crippen molar-refractivity contribution in [2.75, 3.05) is 13.2 Å². The Morgan fingerprint density at radius 2 is 2.00 bits per heavy atom. The van der Waals surface area contributed by atoms with Crippen LogP contribution in [0.25, 0.3) is 0 Å². The Labute approximate surface area is 185 Å². The lowest BCUT2D eigenvalue weighted by Crippen LogP contribution is -2.42. The van der Waals surface area contributed by atoms with Crippen LogP contribution in [0.1, 0.15) is 56.9 Å². The minimum atomic E-state index is -1.25. The zero-order valence-electron chi connectivity index (χ0n) is 18.7. The van der Waals surface area contributed by atoms with E-state index in [1.54, 1.807) is 20.8 Å². The van der Waals surface area contributed by atoms with Gasteiger partial charge in [0, 0.05) is 19.4 Å². The van der Waals surface area contributed by atoms with Gasteiger partial charge in [0.05, 0.1) is 6.61 Å². The molecule has 0 unspecified atom stereocenters. The Balaban J connectivity index is 2.45. The van der Waals surface area contributed by atoms with Crippen LogP contribution in [-0.2, 0) is 20.8 Å². The number of aliphatic carboxylic acids is 1. The highest BCUT2D eigenvalue weighted by Crippen LogP contribution is 2.11. The van der Waals surface area contributed by atoms with Crippen molar-refractivity contribution >= 4 is 23.9 Å². The lowest BCUT2D eigenvalue weighted by atomic mass is 10.1. The quantitative estimate of drug-likeness (QED) is 0.113. The van der Waals surface area contributed by atoms with Crippen LogP contribution in [0.3, 0.4) is 0 Å². The highest BCUT2D eigenvalue weighted by atomic mass is 16.6. The first-order chi connectivity index (χ1) is 14.9. The van der Waals surface area contributed by atoms with Crippen LogP contribution in [0, 0.1) is 11.3 Å². The molecule has 0 radical (unpaired) electrons. The summed E-state index contributed by atoms with van der Waals surface area (Å²) in [6, 6.07) is -1.23. The molecular weight excluding hydrogens is 424 g/mol. The number of rotatable bonds is 12. The fourth-order valence-electron chi connectivity index (χ4n) is 2.37. The maximum Gasteiger partial charge on any atom is 0.407 e. The topological polar surface area (TPSA) is 202 Å². The highest BCUT2D eigenvalue weighted by Gasteiger charge is 2.23. The Kier molecular flexibility index (Phi) is 10.4. The summed E-state index contributed by atoms with van der Waals surface area (Å²) in [7, 11) is 0. The molecule has 0 spiro atoms. The van der Waals surface area contributed by atoms with Crippen molar-refractivity contribution in [1.82, 2.24) is 21.1 Å². The smallest absolute Gasteiger partial charge is 0.407 e. The number of carbonyl (C=O) groups excluding carboxylic acids is 2. The van der Waals surface area contributed by atoms with Crippen molar-refractivity contribution in [3.05, 3.63) is 17.8 Å². The van der Waals surface area contributed by atoms with Crippen molar-refractivity contribution in [1.29, 1.82) is 5.41 Å². The zero-order valence-corrected chi connectivity index (χ0v) is 18.7. The number of alkyl carbamates (subject to hydrolysis) is 1. The van der Waals surface area contributed by atoms with Crippen LogP contribution >= 0.6 is 0 Å². The lowest BCUT2D eigenvalue weighted by molar-refractivity contribution is -0.139.